The Balaban J connectivity index is 1.70. The molecular weight excluding hydrogens is 242 g/mol. The van der Waals surface area contributed by atoms with Crippen LogP contribution in [0.4, 0.5) is 11.9 Å². The second kappa shape index (κ2) is 5.26. The number of nitrogen functional groups attached to an aromatic ring is 2. The highest BCUT2D eigenvalue weighted by Crippen LogP contribution is 2.25. The highest BCUT2D eigenvalue weighted by molar-refractivity contribution is 5.25. The first kappa shape index (κ1) is 12.6. The van der Waals surface area contributed by atoms with E-state index in [4.69, 9.17) is 11.5 Å². The van der Waals surface area contributed by atoms with Gasteiger partial charge in [0, 0.05) is 12.1 Å². The summed E-state index contributed by atoms with van der Waals surface area (Å²) in [5.41, 5.74) is 11.2. The van der Waals surface area contributed by atoms with Crippen molar-refractivity contribution in [2.45, 2.75) is 44.3 Å². The molecule has 2 fully saturated rings. The van der Waals surface area contributed by atoms with E-state index in [1.165, 1.54) is 25.7 Å². The van der Waals surface area contributed by atoms with Crippen molar-refractivity contribution in [2.24, 2.45) is 0 Å². The van der Waals surface area contributed by atoms with Gasteiger partial charge in [0.15, 0.2) is 0 Å². The van der Waals surface area contributed by atoms with E-state index in [1.54, 1.807) is 0 Å². The largest absolute Gasteiger partial charge is 0.368 e. The van der Waals surface area contributed by atoms with Crippen molar-refractivity contribution in [1.82, 2.24) is 25.2 Å². The summed E-state index contributed by atoms with van der Waals surface area (Å²) in [6.45, 7) is 2.94. The monoisotopic (exact) mass is 263 g/mol. The van der Waals surface area contributed by atoms with Crippen molar-refractivity contribution < 1.29 is 0 Å². The molecule has 3 heterocycles. The first-order valence-electron chi connectivity index (χ1n) is 6.96. The molecule has 0 saturated carbocycles. The zero-order valence-electron chi connectivity index (χ0n) is 11.0. The summed E-state index contributed by atoms with van der Waals surface area (Å²) in [5.74, 6) is 1.09. The third kappa shape index (κ3) is 2.76. The third-order valence-electron chi connectivity index (χ3n) is 4.04. The van der Waals surface area contributed by atoms with Crippen LogP contribution in [-0.4, -0.2) is 45.0 Å². The Bertz CT molecular complexity index is 423. The highest BCUT2D eigenvalue weighted by atomic mass is 15.2. The summed E-state index contributed by atoms with van der Waals surface area (Å²) in [7, 11) is 0. The summed E-state index contributed by atoms with van der Waals surface area (Å²) in [5, 5.41) is 3.59. The minimum atomic E-state index is 0.206. The van der Waals surface area contributed by atoms with Crippen molar-refractivity contribution in [1.29, 1.82) is 0 Å². The lowest BCUT2D eigenvalue weighted by Crippen LogP contribution is -2.43. The molecule has 0 radical (unpaired) electrons. The van der Waals surface area contributed by atoms with Gasteiger partial charge in [0.05, 0.1) is 6.54 Å². The van der Waals surface area contributed by atoms with E-state index in [9.17, 15) is 0 Å². The number of nitrogens with zero attached hydrogens (tertiary/aromatic N) is 4. The summed E-state index contributed by atoms with van der Waals surface area (Å²) < 4.78 is 0. The van der Waals surface area contributed by atoms with Gasteiger partial charge in [0.2, 0.25) is 11.9 Å². The van der Waals surface area contributed by atoms with Crippen LogP contribution in [0.2, 0.25) is 0 Å². The summed E-state index contributed by atoms with van der Waals surface area (Å²) >= 11 is 0. The SMILES string of the molecule is Nc1nc(N)nc(CN2CCCC2C2CCCN2)n1. The lowest BCUT2D eigenvalue weighted by molar-refractivity contribution is 0.202. The minimum Gasteiger partial charge on any atom is -0.368 e. The van der Waals surface area contributed by atoms with Gasteiger partial charge in [-0.15, -0.1) is 0 Å². The number of anilines is 2. The number of likely N-dealkylation sites (tertiary alicyclic amines) is 1. The predicted octanol–water partition coefficient (Wildman–Crippen LogP) is -0.248. The molecule has 2 unspecified atom stereocenters. The van der Waals surface area contributed by atoms with Gasteiger partial charge in [-0.1, -0.05) is 0 Å². The van der Waals surface area contributed by atoms with Crippen molar-refractivity contribution in [3.05, 3.63) is 5.82 Å². The van der Waals surface area contributed by atoms with Gasteiger partial charge < -0.3 is 16.8 Å². The number of nitrogens with one attached hydrogen (secondary N) is 1. The molecule has 1 aromatic heterocycles. The lowest BCUT2D eigenvalue weighted by Gasteiger charge is -2.28. The molecule has 2 aliphatic heterocycles. The van der Waals surface area contributed by atoms with E-state index in [0.717, 1.165) is 13.1 Å². The first-order chi connectivity index (χ1) is 9.22. The van der Waals surface area contributed by atoms with Gasteiger partial charge in [-0.05, 0) is 38.8 Å². The maximum Gasteiger partial charge on any atom is 0.225 e. The zero-order chi connectivity index (χ0) is 13.2. The van der Waals surface area contributed by atoms with Crippen LogP contribution in [-0.2, 0) is 6.54 Å². The maximum absolute atomic E-state index is 5.62. The van der Waals surface area contributed by atoms with Crippen LogP contribution in [0.1, 0.15) is 31.5 Å². The fourth-order valence-corrected chi connectivity index (χ4v) is 3.25. The molecule has 7 heteroatoms. The number of hydrogen-bond donors (Lipinski definition) is 3. The van der Waals surface area contributed by atoms with Gasteiger partial charge in [-0.3, -0.25) is 4.90 Å². The Kier molecular flexibility index (Phi) is 3.48. The molecule has 2 atom stereocenters. The smallest absolute Gasteiger partial charge is 0.225 e. The molecule has 1 aromatic rings. The van der Waals surface area contributed by atoms with Gasteiger partial charge >= 0.3 is 0 Å². The summed E-state index contributed by atoms with van der Waals surface area (Å²) in [6.07, 6.45) is 5.02. The average Bonchev–Trinajstić information content (AvgIpc) is 2.96. The van der Waals surface area contributed by atoms with Gasteiger partial charge in [-0.25, -0.2) is 0 Å². The van der Waals surface area contributed by atoms with Crippen LogP contribution in [0.5, 0.6) is 0 Å². The third-order valence-corrected chi connectivity index (χ3v) is 4.04. The molecule has 104 valence electrons. The molecule has 19 heavy (non-hydrogen) atoms. The summed E-state index contributed by atoms with van der Waals surface area (Å²) in [4.78, 5) is 14.6. The van der Waals surface area contributed by atoms with Crippen LogP contribution >= 0.6 is 0 Å². The molecule has 2 saturated heterocycles. The number of nitrogens with two attached hydrogens (primary N) is 2. The molecule has 0 aliphatic carbocycles. The van der Waals surface area contributed by atoms with E-state index in [-0.39, 0.29) is 11.9 Å². The van der Waals surface area contributed by atoms with E-state index in [1.807, 2.05) is 0 Å². The molecule has 7 nitrogen and oxygen atoms in total. The minimum absolute atomic E-state index is 0.206. The Morgan fingerprint density at radius 2 is 1.89 bits per heavy atom. The number of hydrogen-bond acceptors (Lipinski definition) is 7. The average molecular weight is 263 g/mol. The van der Waals surface area contributed by atoms with Gasteiger partial charge in [-0.2, -0.15) is 15.0 Å². The quantitative estimate of drug-likeness (QED) is 0.690. The van der Waals surface area contributed by atoms with Crippen molar-refractivity contribution in [3.63, 3.8) is 0 Å². The Labute approximate surface area is 112 Å². The molecule has 2 aliphatic rings. The van der Waals surface area contributed by atoms with E-state index in [0.29, 0.717) is 24.5 Å². The number of aromatic nitrogens is 3. The van der Waals surface area contributed by atoms with E-state index >= 15 is 0 Å². The Morgan fingerprint density at radius 1 is 1.11 bits per heavy atom. The Morgan fingerprint density at radius 3 is 2.58 bits per heavy atom. The lowest BCUT2D eigenvalue weighted by atomic mass is 10.0. The van der Waals surface area contributed by atoms with Crippen LogP contribution in [0.3, 0.4) is 0 Å². The second-order valence-electron chi connectivity index (χ2n) is 5.35. The van der Waals surface area contributed by atoms with E-state index in [2.05, 4.69) is 25.2 Å². The van der Waals surface area contributed by atoms with Crippen LogP contribution in [0.25, 0.3) is 0 Å². The topological polar surface area (TPSA) is 106 Å². The molecule has 0 aromatic carbocycles. The van der Waals surface area contributed by atoms with Crippen LogP contribution < -0.4 is 16.8 Å². The highest BCUT2D eigenvalue weighted by Gasteiger charge is 2.33. The van der Waals surface area contributed by atoms with Gasteiger partial charge in [0.25, 0.3) is 0 Å². The molecule has 3 rings (SSSR count). The second-order valence-corrected chi connectivity index (χ2v) is 5.35. The predicted molar refractivity (Wildman–Crippen MR) is 73.1 cm³/mol. The van der Waals surface area contributed by atoms with Crippen molar-refractivity contribution >= 4 is 11.9 Å². The molecule has 0 amide bonds. The fraction of sp³-hybridized carbons (Fsp3) is 0.750. The number of rotatable bonds is 3. The van der Waals surface area contributed by atoms with Crippen LogP contribution in [0.15, 0.2) is 0 Å². The van der Waals surface area contributed by atoms with Crippen molar-refractivity contribution in [3.8, 4) is 0 Å². The molecule has 0 bridgehead atoms. The first-order valence-corrected chi connectivity index (χ1v) is 6.96. The molecular formula is C12H21N7. The van der Waals surface area contributed by atoms with E-state index < -0.39 is 0 Å². The Hall–Kier alpha value is -1.47. The fourth-order valence-electron chi connectivity index (χ4n) is 3.25. The van der Waals surface area contributed by atoms with Gasteiger partial charge in [0.1, 0.15) is 5.82 Å². The van der Waals surface area contributed by atoms with Crippen molar-refractivity contribution in [2.75, 3.05) is 24.6 Å². The zero-order valence-corrected chi connectivity index (χ0v) is 11.0. The molecule has 0 spiro atoms. The standard InChI is InChI=1S/C12H21N7/c13-11-16-10(17-12(14)18-11)7-19-6-2-4-9(19)8-3-1-5-15-8/h8-9,15H,1-7H2,(H4,13,14,16,17,18). The van der Waals surface area contributed by atoms with Crippen LogP contribution in [0, 0.1) is 0 Å². The maximum atomic E-state index is 5.62. The summed E-state index contributed by atoms with van der Waals surface area (Å²) in [6, 6.07) is 1.20. The normalized spacial score (nSPS) is 28.0. The molecule has 5 N–H and O–H groups in total.